The highest BCUT2D eigenvalue weighted by Gasteiger charge is 2.24. The van der Waals surface area contributed by atoms with Crippen molar-refractivity contribution in [1.82, 2.24) is 10.3 Å². The molecule has 1 aliphatic heterocycles. The predicted molar refractivity (Wildman–Crippen MR) is 77.3 cm³/mol. The van der Waals surface area contributed by atoms with Crippen molar-refractivity contribution in [2.24, 2.45) is 0 Å². The summed E-state index contributed by atoms with van der Waals surface area (Å²) in [5.74, 6) is 0.858. The number of hydrogen-bond donors (Lipinski definition) is 1. The monoisotopic (exact) mass is 258 g/mol. The maximum absolute atomic E-state index is 9.40. The van der Waals surface area contributed by atoms with Crippen molar-refractivity contribution >= 4 is 5.82 Å². The molecule has 1 saturated heterocycles. The summed E-state index contributed by atoms with van der Waals surface area (Å²) < 4.78 is 0. The van der Waals surface area contributed by atoms with E-state index in [4.69, 9.17) is 0 Å². The Kier molecular flexibility index (Phi) is 4.39. The minimum atomic E-state index is 0.444. The van der Waals surface area contributed by atoms with Crippen molar-refractivity contribution in [2.45, 2.75) is 39.7 Å². The first-order valence-corrected chi connectivity index (χ1v) is 7.03. The summed E-state index contributed by atoms with van der Waals surface area (Å²) in [4.78, 5) is 6.91. The van der Waals surface area contributed by atoms with Crippen LogP contribution in [0.3, 0.4) is 0 Å². The lowest BCUT2D eigenvalue weighted by Gasteiger charge is -2.35. The zero-order chi connectivity index (χ0) is 13.8. The Hall–Kier alpha value is -1.60. The normalized spacial score (nSPS) is 18.9. The van der Waals surface area contributed by atoms with Gasteiger partial charge in [0.05, 0.1) is 5.56 Å². The zero-order valence-corrected chi connectivity index (χ0v) is 12.0. The second-order valence-corrected chi connectivity index (χ2v) is 5.18. The van der Waals surface area contributed by atoms with E-state index in [0.717, 1.165) is 42.3 Å². The SMILES string of the molecule is CCN(c1nc(C)cc(C)c1C#N)C1CCCNC1. The number of nitrogens with one attached hydrogen (secondary N) is 1. The Morgan fingerprint density at radius 3 is 2.89 bits per heavy atom. The second kappa shape index (κ2) is 6.03. The van der Waals surface area contributed by atoms with Crippen LogP contribution < -0.4 is 10.2 Å². The topological polar surface area (TPSA) is 52.0 Å². The third kappa shape index (κ3) is 2.87. The maximum Gasteiger partial charge on any atom is 0.147 e. The molecule has 1 unspecified atom stereocenters. The standard InChI is InChI=1S/C15H22N4/c1-4-19(13-6-5-7-17-10-13)15-14(9-16)11(2)8-12(3)18-15/h8,13,17H,4-7,10H2,1-3H3. The Bertz CT molecular complexity index is 484. The minimum Gasteiger partial charge on any atom is -0.352 e. The van der Waals surface area contributed by atoms with Gasteiger partial charge in [0.1, 0.15) is 11.9 Å². The van der Waals surface area contributed by atoms with E-state index in [-0.39, 0.29) is 0 Å². The van der Waals surface area contributed by atoms with Gasteiger partial charge in [-0.1, -0.05) is 0 Å². The summed E-state index contributed by atoms with van der Waals surface area (Å²) >= 11 is 0. The van der Waals surface area contributed by atoms with Gasteiger partial charge in [-0.3, -0.25) is 0 Å². The van der Waals surface area contributed by atoms with Crippen LogP contribution in [0.2, 0.25) is 0 Å². The molecule has 1 fully saturated rings. The first-order valence-electron chi connectivity index (χ1n) is 7.03. The Balaban J connectivity index is 2.39. The van der Waals surface area contributed by atoms with Crippen LogP contribution in [0.25, 0.3) is 0 Å². The van der Waals surface area contributed by atoms with Crippen molar-refractivity contribution < 1.29 is 0 Å². The highest BCUT2D eigenvalue weighted by atomic mass is 15.2. The van der Waals surface area contributed by atoms with Crippen LogP contribution in [-0.4, -0.2) is 30.7 Å². The predicted octanol–water partition coefficient (Wildman–Crippen LogP) is 2.15. The number of anilines is 1. The molecule has 0 spiro atoms. The molecule has 4 nitrogen and oxygen atoms in total. The van der Waals surface area contributed by atoms with Crippen LogP contribution in [0.15, 0.2) is 6.07 Å². The number of pyridine rings is 1. The lowest BCUT2D eigenvalue weighted by atomic mass is 10.0. The molecule has 2 heterocycles. The molecule has 102 valence electrons. The lowest BCUT2D eigenvalue weighted by Crippen LogP contribution is -2.46. The zero-order valence-electron chi connectivity index (χ0n) is 12.0. The number of nitrogens with zero attached hydrogens (tertiary/aromatic N) is 3. The van der Waals surface area contributed by atoms with Gasteiger partial charge in [-0.15, -0.1) is 0 Å². The van der Waals surface area contributed by atoms with E-state index in [2.05, 4.69) is 28.2 Å². The summed E-state index contributed by atoms with van der Waals surface area (Å²) in [6.07, 6.45) is 2.36. The molecule has 1 aromatic heterocycles. The van der Waals surface area contributed by atoms with Gasteiger partial charge in [0, 0.05) is 24.8 Å². The van der Waals surface area contributed by atoms with E-state index < -0.39 is 0 Å². The summed E-state index contributed by atoms with van der Waals surface area (Å²) in [6, 6.07) is 4.75. The van der Waals surface area contributed by atoms with E-state index in [1.807, 2.05) is 19.9 Å². The molecule has 0 bridgehead atoms. The molecule has 1 aromatic rings. The van der Waals surface area contributed by atoms with Crippen LogP contribution in [0, 0.1) is 25.2 Å². The molecule has 0 aromatic carbocycles. The van der Waals surface area contributed by atoms with Gasteiger partial charge in [-0.05, 0) is 51.8 Å². The van der Waals surface area contributed by atoms with Crippen LogP contribution >= 0.6 is 0 Å². The van der Waals surface area contributed by atoms with Crippen LogP contribution in [-0.2, 0) is 0 Å². The second-order valence-electron chi connectivity index (χ2n) is 5.18. The largest absolute Gasteiger partial charge is 0.352 e. The molecule has 0 saturated carbocycles. The summed E-state index contributed by atoms with van der Waals surface area (Å²) in [7, 11) is 0. The summed E-state index contributed by atoms with van der Waals surface area (Å²) in [5.41, 5.74) is 2.72. The number of aryl methyl sites for hydroxylation is 2. The number of likely N-dealkylation sites (N-methyl/N-ethyl adjacent to an activating group) is 1. The first kappa shape index (κ1) is 13.8. The highest BCUT2D eigenvalue weighted by molar-refractivity contribution is 5.58. The molecule has 1 aliphatic rings. The van der Waals surface area contributed by atoms with Crippen molar-refractivity contribution in [3.63, 3.8) is 0 Å². The number of piperidine rings is 1. The minimum absolute atomic E-state index is 0.444. The third-order valence-corrected chi connectivity index (χ3v) is 3.76. The van der Waals surface area contributed by atoms with Crippen molar-refractivity contribution in [1.29, 1.82) is 5.26 Å². The average Bonchev–Trinajstić information content (AvgIpc) is 2.40. The van der Waals surface area contributed by atoms with Gasteiger partial charge in [-0.2, -0.15) is 5.26 Å². The smallest absolute Gasteiger partial charge is 0.147 e. The number of rotatable bonds is 3. The van der Waals surface area contributed by atoms with E-state index in [1.165, 1.54) is 12.8 Å². The molecular weight excluding hydrogens is 236 g/mol. The fourth-order valence-corrected chi connectivity index (χ4v) is 2.84. The summed E-state index contributed by atoms with van der Waals surface area (Å²) in [6.45, 7) is 9.08. The van der Waals surface area contributed by atoms with Gasteiger partial charge in [0.15, 0.2) is 0 Å². The average molecular weight is 258 g/mol. The molecule has 0 amide bonds. The molecule has 0 aliphatic carbocycles. The van der Waals surface area contributed by atoms with Crippen molar-refractivity contribution in [2.75, 3.05) is 24.5 Å². The molecule has 2 rings (SSSR count). The number of nitriles is 1. The van der Waals surface area contributed by atoms with Crippen molar-refractivity contribution in [3.05, 3.63) is 22.9 Å². The Morgan fingerprint density at radius 2 is 2.32 bits per heavy atom. The van der Waals surface area contributed by atoms with Crippen LogP contribution in [0.4, 0.5) is 5.82 Å². The first-order chi connectivity index (χ1) is 9.17. The quantitative estimate of drug-likeness (QED) is 0.902. The van der Waals surface area contributed by atoms with Gasteiger partial charge >= 0.3 is 0 Å². The van der Waals surface area contributed by atoms with Crippen LogP contribution in [0.5, 0.6) is 0 Å². The lowest BCUT2D eigenvalue weighted by molar-refractivity contribution is 0.433. The van der Waals surface area contributed by atoms with E-state index in [1.54, 1.807) is 0 Å². The van der Waals surface area contributed by atoms with E-state index >= 15 is 0 Å². The Morgan fingerprint density at radius 1 is 1.53 bits per heavy atom. The molecule has 0 radical (unpaired) electrons. The third-order valence-electron chi connectivity index (χ3n) is 3.76. The Labute approximate surface area is 115 Å². The molecular formula is C15H22N4. The van der Waals surface area contributed by atoms with Gasteiger partial charge < -0.3 is 10.2 Å². The number of aromatic nitrogens is 1. The molecule has 1 atom stereocenters. The van der Waals surface area contributed by atoms with E-state index in [0.29, 0.717) is 6.04 Å². The molecule has 1 N–H and O–H groups in total. The molecule has 19 heavy (non-hydrogen) atoms. The molecule has 4 heteroatoms. The van der Waals surface area contributed by atoms with Gasteiger partial charge in [-0.25, -0.2) is 4.98 Å². The summed E-state index contributed by atoms with van der Waals surface area (Å²) in [5, 5.41) is 12.8. The van der Waals surface area contributed by atoms with E-state index in [9.17, 15) is 5.26 Å². The highest BCUT2D eigenvalue weighted by Crippen LogP contribution is 2.25. The van der Waals surface area contributed by atoms with Crippen molar-refractivity contribution in [3.8, 4) is 6.07 Å². The maximum atomic E-state index is 9.40. The van der Waals surface area contributed by atoms with Gasteiger partial charge in [0.25, 0.3) is 0 Å². The fraction of sp³-hybridized carbons (Fsp3) is 0.600. The van der Waals surface area contributed by atoms with Gasteiger partial charge in [0.2, 0.25) is 0 Å². The fourth-order valence-electron chi connectivity index (χ4n) is 2.84. The number of hydrogen-bond acceptors (Lipinski definition) is 4. The van der Waals surface area contributed by atoms with Crippen LogP contribution in [0.1, 0.15) is 36.6 Å².